The van der Waals surface area contributed by atoms with E-state index in [9.17, 15) is 4.79 Å². The van der Waals surface area contributed by atoms with Crippen LogP contribution in [0.3, 0.4) is 0 Å². The van der Waals surface area contributed by atoms with Gasteiger partial charge in [-0.15, -0.1) is 0 Å². The second kappa shape index (κ2) is 5.04. The molecule has 0 aliphatic carbocycles. The summed E-state index contributed by atoms with van der Waals surface area (Å²) in [5, 5.41) is 0. The number of carbonyl (C=O) groups is 1. The van der Waals surface area contributed by atoms with E-state index in [2.05, 4.69) is 35.0 Å². The first-order valence-electron chi connectivity index (χ1n) is 6.52. The maximum atomic E-state index is 12.5. The fraction of sp³-hybridized carbons (Fsp3) is 0.533. The molecule has 0 aromatic heterocycles. The summed E-state index contributed by atoms with van der Waals surface area (Å²) in [4.78, 5) is 14.5. The van der Waals surface area contributed by atoms with Crippen LogP contribution in [0.15, 0.2) is 28.7 Å². The van der Waals surface area contributed by atoms with Gasteiger partial charge in [0.05, 0.1) is 6.04 Å². The lowest BCUT2D eigenvalue weighted by molar-refractivity contribution is -0.149. The summed E-state index contributed by atoms with van der Waals surface area (Å²) in [5.41, 5.74) is 0.987. The molecule has 1 amide bonds. The van der Waals surface area contributed by atoms with Gasteiger partial charge in [-0.1, -0.05) is 48.8 Å². The number of amides is 1. The van der Waals surface area contributed by atoms with Crippen LogP contribution in [-0.2, 0) is 4.79 Å². The number of benzene rings is 1. The Morgan fingerprint density at radius 1 is 1.50 bits per heavy atom. The lowest BCUT2D eigenvalue weighted by atomic mass is 9.84. The minimum atomic E-state index is -0.245. The van der Waals surface area contributed by atoms with Crippen LogP contribution in [0.2, 0.25) is 0 Å². The molecule has 1 aliphatic heterocycles. The fourth-order valence-electron chi connectivity index (χ4n) is 2.23. The van der Waals surface area contributed by atoms with Gasteiger partial charge in [0.1, 0.15) is 0 Å². The first-order chi connectivity index (χ1) is 8.45. The molecule has 0 saturated carbocycles. The summed E-state index contributed by atoms with van der Waals surface area (Å²) in [6.07, 6.45) is 1.95. The summed E-state index contributed by atoms with van der Waals surface area (Å²) in [6.45, 7) is 7.03. The second-order valence-corrected chi connectivity index (χ2v) is 6.51. The van der Waals surface area contributed by atoms with Crippen LogP contribution in [0.5, 0.6) is 0 Å². The van der Waals surface area contributed by atoms with Crippen molar-refractivity contribution < 1.29 is 4.79 Å². The van der Waals surface area contributed by atoms with Crippen molar-refractivity contribution in [2.45, 2.75) is 39.7 Å². The average Bonchev–Trinajstić information content (AvgIpc) is 2.27. The Morgan fingerprint density at radius 2 is 2.22 bits per heavy atom. The number of carbonyl (C=O) groups excluding carboxylic acids is 1. The van der Waals surface area contributed by atoms with Crippen LogP contribution in [-0.4, -0.2) is 17.4 Å². The van der Waals surface area contributed by atoms with Crippen molar-refractivity contribution in [3.63, 3.8) is 0 Å². The molecule has 0 N–H and O–H groups in total. The van der Waals surface area contributed by atoms with Gasteiger partial charge in [-0.25, -0.2) is 0 Å². The van der Waals surface area contributed by atoms with E-state index in [-0.39, 0.29) is 17.4 Å². The van der Waals surface area contributed by atoms with Gasteiger partial charge < -0.3 is 4.90 Å². The Labute approximate surface area is 117 Å². The summed E-state index contributed by atoms with van der Waals surface area (Å²) in [7, 11) is 0. The minimum absolute atomic E-state index is 0.245. The normalized spacial score (nSPS) is 19.6. The van der Waals surface area contributed by atoms with Gasteiger partial charge >= 0.3 is 0 Å². The summed E-state index contributed by atoms with van der Waals surface area (Å²) >= 11 is 3.49. The van der Waals surface area contributed by atoms with E-state index in [1.165, 1.54) is 5.56 Å². The van der Waals surface area contributed by atoms with Gasteiger partial charge in [0.15, 0.2) is 0 Å². The molecule has 1 fully saturated rings. The molecule has 0 spiro atoms. The highest BCUT2D eigenvalue weighted by molar-refractivity contribution is 9.10. The molecule has 1 aromatic carbocycles. The lowest BCUT2D eigenvalue weighted by Gasteiger charge is -2.45. The molecular weight excluding hydrogens is 290 g/mol. The van der Waals surface area contributed by atoms with E-state index in [4.69, 9.17) is 0 Å². The largest absolute Gasteiger partial charge is 0.335 e. The molecule has 0 radical (unpaired) electrons. The summed E-state index contributed by atoms with van der Waals surface area (Å²) in [5.74, 6) is 0.279. The number of likely N-dealkylation sites (tertiary alicyclic amines) is 1. The fourth-order valence-corrected chi connectivity index (χ4v) is 2.65. The predicted octanol–water partition coefficient (Wildman–Crippen LogP) is 4.16. The van der Waals surface area contributed by atoms with Gasteiger partial charge in [0, 0.05) is 16.4 Å². The SMILES string of the molecule is CCC(C)(C)C(=O)N1CCC1c1cccc(Br)c1. The smallest absolute Gasteiger partial charge is 0.228 e. The highest BCUT2D eigenvalue weighted by Gasteiger charge is 2.39. The predicted molar refractivity (Wildman–Crippen MR) is 77.3 cm³/mol. The third-order valence-electron chi connectivity index (χ3n) is 3.98. The van der Waals surface area contributed by atoms with E-state index in [1.807, 2.05) is 30.9 Å². The van der Waals surface area contributed by atoms with E-state index in [0.29, 0.717) is 0 Å². The number of halogens is 1. The van der Waals surface area contributed by atoms with E-state index >= 15 is 0 Å². The van der Waals surface area contributed by atoms with E-state index < -0.39 is 0 Å². The maximum absolute atomic E-state index is 12.5. The van der Waals surface area contributed by atoms with Gasteiger partial charge in [0.25, 0.3) is 0 Å². The number of hydrogen-bond donors (Lipinski definition) is 0. The van der Waals surface area contributed by atoms with Gasteiger partial charge in [-0.3, -0.25) is 4.79 Å². The molecule has 3 heteroatoms. The van der Waals surface area contributed by atoms with Crippen molar-refractivity contribution in [1.82, 2.24) is 4.90 Å². The van der Waals surface area contributed by atoms with Crippen molar-refractivity contribution in [2.75, 3.05) is 6.54 Å². The van der Waals surface area contributed by atoms with Crippen molar-refractivity contribution in [3.05, 3.63) is 34.3 Å². The van der Waals surface area contributed by atoms with Gasteiger partial charge in [0.2, 0.25) is 5.91 Å². The van der Waals surface area contributed by atoms with Gasteiger partial charge in [-0.05, 0) is 30.5 Å². The second-order valence-electron chi connectivity index (χ2n) is 5.60. The van der Waals surface area contributed by atoms with Crippen molar-refractivity contribution >= 4 is 21.8 Å². The maximum Gasteiger partial charge on any atom is 0.228 e. The molecule has 18 heavy (non-hydrogen) atoms. The zero-order chi connectivity index (χ0) is 13.3. The van der Waals surface area contributed by atoms with E-state index in [0.717, 1.165) is 23.9 Å². The Hall–Kier alpha value is -0.830. The molecule has 2 nitrogen and oxygen atoms in total. The van der Waals surface area contributed by atoms with Crippen LogP contribution < -0.4 is 0 Å². The molecule has 0 bridgehead atoms. The van der Waals surface area contributed by atoms with Crippen LogP contribution in [0.4, 0.5) is 0 Å². The molecule has 98 valence electrons. The van der Waals surface area contributed by atoms with Gasteiger partial charge in [-0.2, -0.15) is 0 Å². The monoisotopic (exact) mass is 309 g/mol. The Balaban J connectivity index is 2.16. The van der Waals surface area contributed by atoms with Crippen LogP contribution >= 0.6 is 15.9 Å². The average molecular weight is 310 g/mol. The molecule has 1 saturated heterocycles. The molecule has 1 unspecified atom stereocenters. The third kappa shape index (κ3) is 2.46. The van der Waals surface area contributed by atoms with E-state index in [1.54, 1.807) is 0 Å². The quantitative estimate of drug-likeness (QED) is 0.821. The Morgan fingerprint density at radius 3 is 2.72 bits per heavy atom. The van der Waals surface area contributed by atoms with Crippen molar-refractivity contribution in [3.8, 4) is 0 Å². The first-order valence-corrected chi connectivity index (χ1v) is 7.31. The zero-order valence-electron chi connectivity index (χ0n) is 11.2. The van der Waals surface area contributed by atoms with Crippen molar-refractivity contribution in [1.29, 1.82) is 0 Å². The summed E-state index contributed by atoms with van der Waals surface area (Å²) in [6, 6.07) is 8.54. The minimum Gasteiger partial charge on any atom is -0.335 e. The summed E-state index contributed by atoms with van der Waals surface area (Å²) < 4.78 is 1.08. The topological polar surface area (TPSA) is 20.3 Å². The molecular formula is C15H20BrNO. The Bertz CT molecular complexity index is 456. The van der Waals surface area contributed by atoms with Crippen molar-refractivity contribution in [2.24, 2.45) is 5.41 Å². The Kier molecular flexibility index (Phi) is 3.81. The van der Waals surface area contributed by atoms with Crippen LogP contribution in [0.25, 0.3) is 0 Å². The third-order valence-corrected chi connectivity index (χ3v) is 4.47. The molecule has 1 aliphatic rings. The number of hydrogen-bond acceptors (Lipinski definition) is 1. The molecule has 1 heterocycles. The lowest BCUT2D eigenvalue weighted by Crippen LogP contribution is -2.50. The van der Waals surface area contributed by atoms with Crippen LogP contribution in [0, 0.1) is 5.41 Å². The highest BCUT2D eigenvalue weighted by Crippen LogP contribution is 2.38. The molecule has 1 atom stereocenters. The van der Waals surface area contributed by atoms with Crippen LogP contribution in [0.1, 0.15) is 45.2 Å². The zero-order valence-corrected chi connectivity index (χ0v) is 12.8. The number of rotatable bonds is 3. The molecule has 1 aromatic rings. The first kappa shape index (κ1) is 13.6. The number of nitrogens with zero attached hydrogens (tertiary/aromatic N) is 1. The standard InChI is InChI=1S/C15H20BrNO/c1-4-15(2,3)14(18)17-9-8-13(17)11-6-5-7-12(16)10-11/h5-7,10,13H,4,8-9H2,1-3H3. The highest BCUT2D eigenvalue weighted by atomic mass is 79.9. The molecule has 2 rings (SSSR count).